The van der Waals surface area contributed by atoms with E-state index < -0.39 is 0 Å². The van der Waals surface area contributed by atoms with Crippen molar-refractivity contribution in [2.24, 2.45) is 0 Å². The molecule has 126 valence electrons. The van der Waals surface area contributed by atoms with Gasteiger partial charge in [-0.15, -0.1) is 0 Å². The number of nitrogens with zero attached hydrogens (tertiary/aromatic N) is 1. The van der Waals surface area contributed by atoms with Gasteiger partial charge in [-0.1, -0.05) is 19.9 Å². The van der Waals surface area contributed by atoms with Crippen LogP contribution in [0.15, 0.2) is 18.2 Å². The van der Waals surface area contributed by atoms with Gasteiger partial charge in [0.2, 0.25) is 0 Å². The van der Waals surface area contributed by atoms with Gasteiger partial charge in [-0.3, -0.25) is 0 Å². The summed E-state index contributed by atoms with van der Waals surface area (Å²) in [6.07, 6.45) is 0. The summed E-state index contributed by atoms with van der Waals surface area (Å²) in [6.45, 7) is 12.0. The molecule has 0 heterocycles. The van der Waals surface area contributed by atoms with E-state index in [0.29, 0.717) is 26.3 Å². The average molecular weight is 310 g/mol. The van der Waals surface area contributed by atoms with Gasteiger partial charge in [0.05, 0.1) is 13.2 Å². The van der Waals surface area contributed by atoms with Crippen LogP contribution in [0.1, 0.15) is 26.3 Å². The molecular formula is C17H30N2O3. The smallest absolute Gasteiger partial charge is 0.161 e. The van der Waals surface area contributed by atoms with Crippen LogP contribution >= 0.6 is 0 Å². The van der Waals surface area contributed by atoms with Crippen molar-refractivity contribution in [3.8, 4) is 11.5 Å². The summed E-state index contributed by atoms with van der Waals surface area (Å²) in [5.41, 5.74) is 1.12. The third kappa shape index (κ3) is 6.64. The molecule has 5 heteroatoms. The van der Waals surface area contributed by atoms with E-state index in [0.717, 1.165) is 36.7 Å². The fraction of sp³-hybridized carbons (Fsp3) is 0.647. The molecule has 0 saturated carbocycles. The van der Waals surface area contributed by atoms with Crippen LogP contribution < -0.4 is 14.8 Å². The van der Waals surface area contributed by atoms with Crippen LogP contribution in [-0.2, 0) is 6.54 Å². The number of nitrogens with one attached hydrogen (secondary N) is 1. The lowest BCUT2D eigenvalue weighted by atomic mass is 10.2. The second kappa shape index (κ2) is 11.3. The maximum absolute atomic E-state index is 8.80. The second-order valence-corrected chi connectivity index (χ2v) is 4.99. The van der Waals surface area contributed by atoms with Crippen LogP contribution in [0.4, 0.5) is 0 Å². The van der Waals surface area contributed by atoms with Crippen LogP contribution in [-0.4, -0.2) is 56.0 Å². The quantitative estimate of drug-likeness (QED) is 0.577. The lowest BCUT2D eigenvalue weighted by molar-refractivity contribution is 0.214. The SMILES string of the molecule is CCOc1cc(CNCCO)ccc1OCCN(CC)CC. The Morgan fingerprint density at radius 1 is 1.09 bits per heavy atom. The summed E-state index contributed by atoms with van der Waals surface area (Å²) < 4.78 is 11.6. The van der Waals surface area contributed by atoms with E-state index in [4.69, 9.17) is 14.6 Å². The number of rotatable bonds is 12. The van der Waals surface area contributed by atoms with Crippen LogP contribution in [0.25, 0.3) is 0 Å². The first-order valence-corrected chi connectivity index (χ1v) is 8.17. The lowest BCUT2D eigenvalue weighted by Gasteiger charge is -2.19. The van der Waals surface area contributed by atoms with Crippen LogP contribution in [0.2, 0.25) is 0 Å². The molecule has 0 spiro atoms. The van der Waals surface area contributed by atoms with Crippen molar-refractivity contribution in [3.63, 3.8) is 0 Å². The third-order valence-corrected chi connectivity index (χ3v) is 3.49. The van der Waals surface area contributed by atoms with E-state index in [1.807, 2.05) is 25.1 Å². The van der Waals surface area contributed by atoms with E-state index in [9.17, 15) is 0 Å². The van der Waals surface area contributed by atoms with Crippen molar-refractivity contribution in [1.29, 1.82) is 0 Å². The topological polar surface area (TPSA) is 54.0 Å². The van der Waals surface area contributed by atoms with E-state index in [2.05, 4.69) is 24.1 Å². The molecular weight excluding hydrogens is 280 g/mol. The van der Waals surface area contributed by atoms with Crippen molar-refractivity contribution in [1.82, 2.24) is 10.2 Å². The van der Waals surface area contributed by atoms with Gasteiger partial charge in [0.1, 0.15) is 6.61 Å². The van der Waals surface area contributed by atoms with Gasteiger partial charge in [0.15, 0.2) is 11.5 Å². The van der Waals surface area contributed by atoms with Gasteiger partial charge in [-0.25, -0.2) is 0 Å². The Balaban J connectivity index is 2.60. The summed E-state index contributed by atoms with van der Waals surface area (Å²) in [4.78, 5) is 2.33. The van der Waals surface area contributed by atoms with Gasteiger partial charge < -0.3 is 24.8 Å². The molecule has 0 saturated heterocycles. The first-order valence-electron chi connectivity index (χ1n) is 8.17. The van der Waals surface area contributed by atoms with Gasteiger partial charge in [-0.05, 0) is 37.7 Å². The Morgan fingerprint density at radius 2 is 1.86 bits per heavy atom. The van der Waals surface area contributed by atoms with Crippen molar-refractivity contribution >= 4 is 0 Å². The Kier molecular flexibility index (Phi) is 9.62. The Bertz CT molecular complexity index is 409. The zero-order chi connectivity index (χ0) is 16.2. The molecule has 0 unspecified atom stereocenters. The summed E-state index contributed by atoms with van der Waals surface area (Å²) >= 11 is 0. The highest BCUT2D eigenvalue weighted by molar-refractivity contribution is 5.43. The standard InChI is InChI=1S/C17H30N2O3/c1-4-19(5-2)10-12-22-16-8-7-15(14-18-9-11-20)13-17(16)21-6-3/h7-8,13,18,20H,4-6,9-12,14H2,1-3H3. The highest BCUT2D eigenvalue weighted by Gasteiger charge is 2.07. The van der Waals surface area contributed by atoms with Crippen molar-refractivity contribution < 1.29 is 14.6 Å². The van der Waals surface area contributed by atoms with Gasteiger partial charge >= 0.3 is 0 Å². The van der Waals surface area contributed by atoms with Gasteiger partial charge in [0.25, 0.3) is 0 Å². The summed E-state index contributed by atoms with van der Waals surface area (Å²) in [5.74, 6) is 1.57. The maximum Gasteiger partial charge on any atom is 0.161 e. The zero-order valence-electron chi connectivity index (χ0n) is 14.1. The Morgan fingerprint density at radius 3 is 2.50 bits per heavy atom. The fourth-order valence-electron chi connectivity index (χ4n) is 2.19. The summed E-state index contributed by atoms with van der Waals surface area (Å²) in [5, 5.41) is 12.0. The number of likely N-dealkylation sites (N-methyl/N-ethyl adjacent to an activating group) is 1. The molecule has 0 bridgehead atoms. The zero-order valence-corrected chi connectivity index (χ0v) is 14.1. The Hall–Kier alpha value is -1.30. The second-order valence-electron chi connectivity index (χ2n) is 4.99. The minimum Gasteiger partial charge on any atom is -0.490 e. The summed E-state index contributed by atoms with van der Waals surface area (Å²) in [6, 6.07) is 5.99. The molecule has 0 aliphatic heterocycles. The summed E-state index contributed by atoms with van der Waals surface area (Å²) in [7, 11) is 0. The minimum atomic E-state index is 0.144. The molecule has 0 aromatic heterocycles. The van der Waals surface area contributed by atoms with E-state index in [1.54, 1.807) is 0 Å². The first-order chi connectivity index (χ1) is 10.7. The molecule has 5 nitrogen and oxygen atoms in total. The Labute approximate surface area is 134 Å². The van der Waals surface area contributed by atoms with Crippen LogP contribution in [0, 0.1) is 0 Å². The molecule has 1 aromatic rings. The normalized spacial score (nSPS) is 11.0. The predicted octanol–water partition coefficient (Wildman–Crippen LogP) is 1.89. The molecule has 0 amide bonds. The predicted molar refractivity (Wildman–Crippen MR) is 89.7 cm³/mol. The molecule has 0 atom stereocenters. The molecule has 2 N–H and O–H groups in total. The van der Waals surface area contributed by atoms with Gasteiger partial charge in [0, 0.05) is 19.6 Å². The van der Waals surface area contributed by atoms with Crippen LogP contribution in [0.3, 0.4) is 0 Å². The number of benzene rings is 1. The molecule has 0 aliphatic rings. The number of ether oxygens (including phenoxy) is 2. The lowest BCUT2D eigenvalue weighted by Crippen LogP contribution is -2.28. The fourth-order valence-corrected chi connectivity index (χ4v) is 2.19. The molecule has 0 fully saturated rings. The highest BCUT2D eigenvalue weighted by atomic mass is 16.5. The van der Waals surface area contributed by atoms with E-state index >= 15 is 0 Å². The highest BCUT2D eigenvalue weighted by Crippen LogP contribution is 2.28. The molecule has 0 radical (unpaired) electrons. The molecule has 1 aromatic carbocycles. The number of hydrogen-bond acceptors (Lipinski definition) is 5. The molecule has 22 heavy (non-hydrogen) atoms. The van der Waals surface area contributed by atoms with E-state index in [-0.39, 0.29) is 6.61 Å². The van der Waals surface area contributed by atoms with Crippen molar-refractivity contribution in [2.75, 3.05) is 46.0 Å². The average Bonchev–Trinajstić information content (AvgIpc) is 2.54. The van der Waals surface area contributed by atoms with Crippen molar-refractivity contribution in [3.05, 3.63) is 23.8 Å². The maximum atomic E-state index is 8.80. The molecule has 1 rings (SSSR count). The van der Waals surface area contributed by atoms with Crippen LogP contribution in [0.5, 0.6) is 11.5 Å². The van der Waals surface area contributed by atoms with Crippen molar-refractivity contribution in [2.45, 2.75) is 27.3 Å². The van der Waals surface area contributed by atoms with E-state index in [1.165, 1.54) is 0 Å². The molecule has 0 aliphatic carbocycles. The van der Waals surface area contributed by atoms with Gasteiger partial charge in [-0.2, -0.15) is 0 Å². The third-order valence-electron chi connectivity index (χ3n) is 3.49. The number of hydrogen-bond donors (Lipinski definition) is 2. The minimum absolute atomic E-state index is 0.144. The number of aliphatic hydroxyl groups excluding tert-OH is 1. The largest absolute Gasteiger partial charge is 0.490 e. The number of aliphatic hydroxyl groups is 1. The first kappa shape index (κ1) is 18.7. The monoisotopic (exact) mass is 310 g/mol.